The van der Waals surface area contributed by atoms with Gasteiger partial charge in [0.25, 0.3) is 0 Å². The highest BCUT2D eigenvalue weighted by atomic mass is 32.2. The van der Waals surface area contributed by atoms with E-state index in [-0.39, 0.29) is 12.4 Å². The van der Waals surface area contributed by atoms with Gasteiger partial charge in [0.15, 0.2) is 11.0 Å². The summed E-state index contributed by atoms with van der Waals surface area (Å²) in [6.45, 7) is 0.238. The molecule has 0 spiro atoms. The Labute approximate surface area is 142 Å². The maximum absolute atomic E-state index is 13.2. The number of methoxy groups -OCH3 is 1. The van der Waals surface area contributed by atoms with Crippen LogP contribution >= 0.6 is 11.8 Å². The quantitative estimate of drug-likeness (QED) is 0.692. The fourth-order valence-corrected chi connectivity index (χ4v) is 3.05. The monoisotopic (exact) mass is 345 g/mol. The first kappa shape index (κ1) is 16.4. The van der Waals surface area contributed by atoms with Crippen LogP contribution in [-0.2, 0) is 12.3 Å². The van der Waals surface area contributed by atoms with E-state index in [1.807, 2.05) is 10.6 Å². The number of rotatable bonds is 6. The molecule has 0 amide bonds. The second-order valence-corrected chi connectivity index (χ2v) is 5.83. The largest absolute Gasteiger partial charge is 0.497 e. The highest BCUT2D eigenvalue weighted by molar-refractivity contribution is 7.98. The standard InChI is InChI=1S/C16H16FN5OS/c1-23-14-6-7-19-12(8-14)10-24-16-21-20-15(9-18)22(16)13-4-2-11(17)3-5-13/h2-8H,9-10,18H2,1H3. The molecule has 0 aliphatic heterocycles. The Balaban J connectivity index is 1.85. The molecule has 0 aliphatic carbocycles. The first-order valence-electron chi connectivity index (χ1n) is 7.23. The number of benzene rings is 1. The summed E-state index contributed by atoms with van der Waals surface area (Å²) in [6.07, 6.45) is 1.70. The van der Waals surface area contributed by atoms with Crippen molar-refractivity contribution in [2.75, 3.05) is 7.11 Å². The summed E-state index contributed by atoms with van der Waals surface area (Å²) in [6, 6.07) is 9.80. The van der Waals surface area contributed by atoms with Crippen LogP contribution in [0.15, 0.2) is 47.8 Å². The van der Waals surface area contributed by atoms with E-state index >= 15 is 0 Å². The van der Waals surface area contributed by atoms with Gasteiger partial charge in [-0.05, 0) is 30.3 Å². The number of halogens is 1. The van der Waals surface area contributed by atoms with Crippen LogP contribution in [0.4, 0.5) is 4.39 Å². The van der Waals surface area contributed by atoms with Gasteiger partial charge in [-0.2, -0.15) is 0 Å². The normalized spacial score (nSPS) is 10.8. The number of nitrogens with zero attached hydrogens (tertiary/aromatic N) is 4. The van der Waals surface area contributed by atoms with Crippen LogP contribution in [0.5, 0.6) is 5.75 Å². The Morgan fingerprint density at radius 2 is 2.00 bits per heavy atom. The zero-order valence-electron chi connectivity index (χ0n) is 13.0. The molecule has 0 atom stereocenters. The van der Waals surface area contributed by atoms with E-state index in [9.17, 15) is 4.39 Å². The first-order valence-corrected chi connectivity index (χ1v) is 8.22. The fourth-order valence-electron chi connectivity index (χ4n) is 2.18. The number of aromatic nitrogens is 4. The Morgan fingerprint density at radius 1 is 1.21 bits per heavy atom. The summed E-state index contributed by atoms with van der Waals surface area (Å²) < 4.78 is 20.2. The molecular formula is C16H16FN5OS. The average Bonchev–Trinajstić information content (AvgIpc) is 3.04. The third-order valence-electron chi connectivity index (χ3n) is 3.34. The zero-order valence-corrected chi connectivity index (χ0v) is 13.8. The van der Waals surface area contributed by atoms with Gasteiger partial charge in [0, 0.05) is 23.7 Å². The summed E-state index contributed by atoms with van der Waals surface area (Å²) in [4.78, 5) is 4.31. The first-order chi connectivity index (χ1) is 11.7. The lowest BCUT2D eigenvalue weighted by Crippen LogP contribution is -2.07. The van der Waals surface area contributed by atoms with Crippen molar-refractivity contribution in [1.29, 1.82) is 0 Å². The molecule has 6 nitrogen and oxygen atoms in total. The Kier molecular flexibility index (Phi) is 5.07. The van der Waals surface area contributed by atoms with E-state index < -0.39 is 0 Å². The van der Waals surface area contributed by atoms with Gasteiger partial charge in [-0.25, -0.2) is 4.39 Å². The van der Waals surface area contributed by atoms with Gasteiger partial charge in [0.05, 0.1) is 19.3 Å². The van der Waals surface area contributed by atoms with Gasteiger partial charge in [0.2, 0.25) is 0 Å². The van der Waals surface area contributed by atoms with E-state index in [4.69, 9.17) is 10.5 Å². The Morgan fingerprint density at radius 3 is 2.71 bits per heavy atom. The molecule has 0 aliphatic rings. The van der Waals surface area contributed by atoms with Crippen LogP contribution in [0.25, 0.3) is 5.69 Å². The molecule has 2 heterocycles. The van der Waals surface area contributed by atoms with E-state index in [1.165, 1.54) is 23.9 Å². The molecule has 0 radical (unpaired) electrons. The van der Waals surface area contributed by atoms with Crippen molar-refractivity contribution < 1.29 is 9.13 Å². The van der Waals surface area contributed by atoms with Crippen molar-refractivity contribution in [3.05, 3.63) is 59.9 Å². The summed E-state index contributed by atoms with van der Waals surface area (Å²) in [5.74, 6) is 1.67. The zero-order chi connectivity index (χ0) is 16.9. The molecule has 0 unspecified atom stereocenters. The van der Waals surface area contributed by atoms with Crippen molar-refractivity contribution in [2.45, 2.75) is 17.5 Å². The van der Waals surface area contributed by atoms with Crippen LogP contribution in [0.3, 0.4) is 0 Å². The minimum Gasteiger partial charge on any atom is -0.497 e. The number of ether oxygens (including phenoxy) is 1. The van der Waals surface area contributed by atoms with E-state index in [0.717, 1.165) is 17.1 Å². The molecular weight excluding hydrogens is 329 g/mol. The van der Waals surface area contributed by atoms with Crippen LogP contribution in [0.1, 0.15) is 11.5 Å². The number of pyridine rings is 1. The van der Waals surface area contributed by atoms with E-state index in [1.54, 1.807) is 31.5 Å². The summed E-state index contributed by atoms with van der Waals surface area (Å²) in [5.41, 5.74) is 7.37. The molecule has 1 aromatic carbocycles. The van der Waals surface area contributed by atoms with Gasteiger partial charge in [-0.15, -0.1) is 10.2 Å². The van der Waals surface area contributed by atoms with Crippen molar-refractivity contribution in [3.8, 4) is 11.4 Å². The molecule has 3 aromatic rings. The van der Waals surface area contributed by atoms with E-state index in [2.05, 4.69) is 15.2 Å². The minimum absolute atomic E-state index is 0.238. The summed E-state index contributed by atoms with van der Waals surface area (Å²) in [5, 5.41) is 8.97. The lowest BCUT2D eigenvalue weighted by atomic mass is 10.3. The summed E-state index contributed by atoms with van der Waals surface area (Å²) in [7, 11) is 1.62. The maximum atomic E-state index is 13.2. The molecule has 0 saturated heterocycles. The van der Waals surface area contributed by atoms with Gasteiger partial charge < -0.3 is 10.5 Å². The smallest absolute Gasteiger partial charge is 0.196 e. The van der Waals surface area contributed by atoms with Crippen molar-refractivity contribution in [3.63, 3.8) is 0 Å². The van der Waals surface area contributed by atoms with Gasteiger partial charge in [-0.1, -0.05) is 11.8 Å². The number of hydrogen-bond acceptors (Lipinski definition) is 6. The molecule has 0 bridgehead atoms. The SMILES string of the molecule is COc1ccnc(CSc2nnc(CN)n2-c2ccc(F)cc2)c1. The van der Waals surface area contributed by atoms with Gasteiger partial charge >= 0.3 is 0 Å². The molecule has 2 N–H and O–H groups in total. The fraction of sp³-hybridized carbons (Fsp3) is 0.188. The number of nitrogens with two attached hydrogens (primary N) is 1. The molecule has 0 fully saturated rings. The lowest BCUT2D eigenvalue weighted by Gasteiger charge is -2.09. The van der Waals surface area contributed by atoms with Crippen LogP contribution in [-0.4, -0.2) is 26.9 Å². The number of hydrogen-bond donors (Lipinski definition) is 1. The topological polar surface area (TPSA) is 78.8 Å². The highest BCUT2D eigenvalue weighted by Crippen LogP contribution is 2.25. The molecule has 8 heteroatoms. The predicted octanol–water partition coefficient (Wildman–Crippen LogP) is 2.56. The van der Waals surface area contributed by atoms with Crippen molar-refractivity contribution in [1.82, 2.24) is 19.7 Å². The van der Waals surface area contributed by atoms with E-state index in [0.29, 0.717) is 16.7 Å². The maximum Gasteiger partial charge on any atom is 0.196 e. The van der Waals surface area contributed by atoms with Crippen LogP contribution in [0, 0.1) is 5.82 Å². The van der Waals surface area contributed by atoms with Crippen LogP contribution < -0.4 is 10.5 Å². The molecule has 2 aromatic heterocycles. The van der Waals surface area contributed by atoms with Crippen molar-refractivity contribution >= 4 is 11.8 Å². The third kappa shape index (κ3) is 3.55. The molecule has 0 saturated carbocycles. The predicted molar refractivity (Wildman–Crippen MR) is 89.6 cm³/mol. The molecule has 24 heavy (non-hydrogen) atoms. The highest BCUT2D eigenvalue weighted by Gasteiger charge is 2.14. The lowest BCUT2D eigenvalue weighted by molar-refractivity contribution is 0.413. The minimum atomic E-state index is -0.295. The second kappa shape index (κ2) is 7.41. The Bertz CT molecular complexity index is 822. The van der Waals surface area contributed by atoms with Gasteiger partial charge in [0.1, 0.15) is 11.6 Å². The molecule has 3 rings (SSSR count). The van der Waals surface area contributed by atoms with Crippen molar-refractivity contribution in [2.24, 2.45) is 5.73 Å². The molecule has 124 valence electrons. The number of thioether (sulfide) groups is 1. The average molecular weight is 345 g/mol. The second-order valence-electron chi connectivity index (χ2n) is 4.89. The van der Waals surface area contributed by atoms with Gasteiger partial charge in [-0.3, -0.25) is 9.55 Å². The third-order valence-corrected chi connectivity index (χ3v) is 4.30. The summed E-state index contributed by atoms with van der Waals surface area (Å²) >= 11 is 1.48. The Hall–Kier alpha value is -2.45. The van der Waals surface area contributed by atoms with Crippen LogP contribution in [0.2, 0.25) is 0 Å².